The largest absolute Gasteiger partial charge is 0.0622 e. The third-order valence-corrected chi connectivity index (χ3v) is 16.3. The Hall–Kier alpha value is -11.2. The summed E-state index contributed by atoms with van der Waals surface area (Å²) < 4.78 is 0. The number of hydrogen-bond donors (Lipinski definition) is 0. The number of fused-ring (bicyclic) bond motifs is 8. The SMILES string of the molecule is Cc1cc(-c2ccccc2)cc(-c2ccccc2)c1.Cc1ccc(-c2ccccc2)cc1.Cc1ccc2c3ccccc3c3ccccc3c2c1.Cc1ccc2ccccc2c1.Cc1cccc(-c2ccccc2)c1.Cc1cccc2ccccc12.Cc1ccccc1. The van der Waals surface area contributed by atoms with Crippen molar-refractivity contribution in [3.05, 3.63) is 409 Å². The number of benzene rings is 16. The van der Waals surface area contributed by atoms with E-state index in [2.05, 4.69) is 388 Å². The molecule has 0 heterocycles. The smallest absolute Gasteiger partial charge is 0.00963 e. The summed E-state index contributed by atoms with van der Waals surface area (Å²) in [6.07, 6.45) is 0. The van der Waals surface area contributed by atoms with Gasteiger partial charge >= 0.3 is 0 Å². The van der Waals surface area contributed by atoms with E-state index in [0.717, 1.165) is 0 Å². The Morgan fingerprint density at radius 1 is 0.129 bits per heavy atom. The zero-order valence-electron chi connectivity index (χ0n) is 54.7. The quantitative estimate of drug-likeness (QED) is 0.154. The van der Waals surface area contributed by atoms with Crippen molar-refractivity contribution < 1.29 is 0 Å². The van der Waals surface area contributed by atoms with E-state index < -0.39 is 0 Å². The van der Waals surface area contributed by atoms with Gasteiger partial charge < -0.3 is 0 Å². The van der Waals surface area contributed by atoms with Gasteiger partial charge in [-0.25, -0.2) is 0 Å². The molecule has 0 aromatic heterocycles. The van der Waals surface area contributed by atoms with Crippen LogP contribution in [0.5, 0.6) is 0 Å². The number of rotatable bonds is 4. The Morgan fingerprint density at radius 3 is 0.935 bits per heavy atom. The predicted molar refractivity (Wildman–Crippen MR) is 408 cm³/mol. The minimum Gasteiger partial charge on any atom is -0.0622 e. The van der Waals surface area contributed by atoms with Crippen molar-refractivity contribution in [3.8, 4) is 44.5 Å². The molecule has 0 aliphatic rings. The Bertz CT molecular complexity index is 4830. The third kappa shape index (κ3) is 18.5. The highest BCUT2D eigenvalue weighted by Gasteiger charge is 2.08. The van der Waals surface area contributed by atoms with Crippen molar-refractivity contribution in [3.63, 3.8) is 0 Å². The van der Waals surface area contributed by atoms with E-state index in [9.17, 15) is 0 Å². The molecule has 0 aliphatic heterocycles. The Kier molecular flexibility index (Phi) is 23.0. The van der Waals surface area contributed by atoms with E-state index in [1.165, 1.54) is 137 Å². The topological polar surface area (TPSA) is 0 Å². The molecule has 16 aromatic rings. The highest BCUT2D eigenvalue weighted by atomic mass is 14.1. The monoisotopic (exact) mass is 1200 g/mol. The highest BCUT2D eigenvalue weighted by molar-refractivity contribution is 6.25. The molecule has 0 saturated carbocycles. The van der Waals surface area contributed by atoms with Gasteiger partial charge in [0, 0.05) is 0 Å². The lowest BCUT2D eigenvalue weighted by Crippen LogP contribution is -1.84. The van der Waals surface area contributed by atoms with Gasteiger partial charge in [0.1, 0.15) is 0 Å². The van der Waals surface area contributed by atoms with Gasteiger partial charge in [0.25, 0.3) is 0 Å². The first-order valence-corrected chi connectivity index (χ1v) is 32.2. The van der Waals surface area contributed by atoms with Crippen molar-refractivity contribution in [2.75, 3.05) is 0 Å². The van der Waals surface area contributed by atoms with Crippen LogP contribution < -0.4 is 0 Å². The second kappa shape index (κ2) is 33.1. The van der Waals surface area contributed by atoms with Crippen LogP contribution in [0, 0.1) is 48.5 Å². The molecule has 0 unspecified atom stereocenters. The maximum atomic E-state index is 2.30. The van der Waals surface area contributed by atoms with Gasteiger partial charge in [0.2, 0.25) is 0 Å². The van der Waals surface area contributed by atoms with Gasteiger partial charge in [-0.05, 0) is 164 Å². The minimum absolute atomic E-state index is 1.27. The van der Waals surface area contributed by atoms with Crippen LogP contribution >= 0.6 is 0 Å². The molecular weight excluding hydrogens is 1120 g/mol. The first kappa shape index (κ1) is 64.8. The van der Waals surface area contributed by atoms with Gasteiger partial charge in [0.05, 0.1) is 0 Å². The summed E-state index contributed by atoms with van der Waals surface area (Å²) in [7, 11) is 0. The van der Waals surface area contributed by atoms with Crippen molar-refractivity contribution in [1.29, 1.82) is 0 Å². The van der Waals surface area contributed by atoms with Crippen LogP contribution in [-0.2, 0) is 0 Å². The molecule has 0 N–H and O–H groups in total. The molecule has 93 heavy (non-hydrogen) atoms. The maximum absolute atomic E-state index is 2.30. The maximum Gasteiger partial charge on any atom is -0.00963 e. The van der Waals surface area contributed by atoms with Crippen LogP contribution in [0.1, 0.15) is 38.9 Å². The van der Waals surface area contributed by atoms with Crippen molar-refractivity contribution in [1.82, 2.24) is 0 Å². The molecule has 0 atom stereocenters. The molecule has 0 amide bonds. The van der Waals surface area contributed by atoms with Gasteiger partial charge in [0.15, 0.2) is 0 Å². The number of aryl methyl sites for hydroxylation is 7. The van der Waals surface area contributed by atoms with Crippen LogP contribution in [0.4, 0.5) is 0 Å². The predicted octanol–water partition coefficient (Wildman–Crippen LogP) is 26.4. The van der Waals surface area contributed by atoms with Crippen LogP contribution in [-0.4, -0.2) is 0 Å². The van der Waals surface area contributed by atoms with Crippen molar-refractivity contribution in [2.45, 2.75) is 48.5 Å². The summed E-state index contributed by atoms with van der Waals surface area (Å²) >= 11 is 0. The molecule has 0 nitrogen and oxygen atoms in total. The highest BCUT2D eigenvalue weighted by Crippen LogP contribution is 2.35. The van der Waals surface area contributed by atoms with Crippen molar-refractivity contribution >= 4 is 53.9 Å². The summed E-state index contributed by atoms with van der Waals surface area (Å²) in [5.74, 6) is 0. The molecular formula is C93H82. The molecule has 0 saturated heterocycles. The normalized spacial score (nSPS) is 10.3. The van der Waals surface area contributed by atoms with Crippen LogP contribution in [0.2, 0.25) is 0 Å². The van der Waals surface area contributed by atoms with E-state index in [4.69, 9.17) is 0 Å². The molecule has 0 bridgehead atoms. The summed E-state index contributed by atoms with van der Waals surface area (Å²) in [6.45, 7) is 14.9. The average Bonchev–Trinajstić information content (AvgIpc) is 0.758. The van der Waals surface area contributed by atoms with Gasteiger partial charge in [-0.1, -0.05) is 392 Å². The van der Waals surface area contributed by atoms with Gasteiger partial charge in [-0.2, -0.15) is 0 Å². The zero-order valence-corrected chi connectivity index (χ0v) is 54.7. The molecule has 16 aromatic carbocycles. The van der Waals surface area contributed by atoms with E-state index in [1.54, 1.807) is 0 Å². The van der Waals surface area contributed by atoms with Crippen LogP contribution in [0.3, 0.4) is 0 Å². The molecule has 0 radical (unpaired) electrons. The lowest BCUT2D eigenvalue weighted by molar-refractivity contribution is 1.46. The molecule has 0 aliphatic carbocycles. The van der Waals surface area contributed by atoms with E-state index in [-0.39, 0.29) is 0 Å². The Balaban J connectivity index is 0.000000121. The summed E-state index contributed by atoms with van der Waals surface area (Å²) in [4.78, 5) is 0. The molecule has 16 rings (SSSR count). The first-order valence-electron chi connectivity index (χ1n) is 32.2. The van der Waals surface area contributed by atoms with Crippen LogP contribution in [0.15, 0.2) is 370 Å². The summed E-state index contributed by atoms with van der Waals surface area (Å²) in [5.41, 5.74) is 19.4. The van der Waals surface area contributed by atoms with Gasteiger partial charge in [-0.3, -0.25) is 0 Å². The first-order chi connectivity index (χ1) is 45.5. The zero-order chi connectivity index (χ0) is 64.6. The lowest BCUT2D eigenvalue weighted by atomic mass is 9.93. The fourth-order valence-electron chi connectivity index (χ4n) is 11.5. The van der Waals surface area contributed by atoms with E-state index >= 15 is 0 Å². The third-order valence-electron chi connectivity index (χ3n) is 16.3. The fourth-order valence-corrected chi connectivity index (χ4v) is 11.5. The molecule has 0 fully saturated rings. The van der Waals surface area contributed by atoms with Gasteiger partial charge in [-0.15, -0.1) is 0 Å². The average molecular weight is 1200 g/mol. The molecule has 454 valence electrons. The minimum atomic E-state index is 1.27. The van der Waals surface area contributed by atoms with E-state index in [1.807, 2.05) is 30.3 Å². The summed E-state index contributed by atoms with van der Waals surface area (Å²) in [6, 6.07) is 130. The Morgan fingerprint density at radius 2 is 0.441 bits per heavy atom. The van der Waals surface area contributed by atoms with Crippen LogP contribution in [0.25, 0.3) is 98.4 Å². The second-order valence-electron chi connectivity index (χ2n) is 23.7. The Labute approximate surface area is 552 Å². The van der Waals surface area contributed by atoms with E-state index in [0.29, 0.717) is 0 Å². The molecule has 0 heteroatoms. The standard InChI is InChI=1S/C19H14.C19H16.2C13H12.2C11H10.C7H8/c1-13-10-11-18-16-8-3-2-6-14(16)15-7-4-5-9-17(15)19(18)12-13;1-15-12-18(16-8-4-2-5-9-16)14-19(13-15)17-10-6-3-7-11-17;1-11-6-5-9-13(10-11)12-7-3-2-4-8-12;1-11-7-9-13(10-8-11)12-5-3-2-4-6-12;1-9-5-4-7-10-6-2-3-8-11(9)10;1-9-6-7-10-4-2-3-5-11(10)8-9;1-7-5-3-2-4-6-7/h2-12H,1H3;2-14H,1H3;2*2-10H,1H3;2*2-8H,1H3;2-6H,1H3. The number of hydrogen-bond acceptors (Lipinski definition) is 0. The second-order valence-corrected chi connectivity index (χ2v) is 23.7. The lowest BCUT2D eigenvalue weighted by Gasteiger charge is -2.10. The van der Waals surface area contributed by atoms with Crippen molar-refractivity contribution in [2.24, 2.45) is 0 Å². The molecule has 0 spiro atoms. The summed E-state index contributed by atoms with van der Waals surface area (Å²) in [5, 5.41) is 13.4. The fraction of sp³-hybridized carbons (Fsp3) is 0.0753.